The molecule has 2 nitrogen and oxygen atoms in total. The molecule has 0 fully saturated rings. The fourth-order valence-electron chi connectivity index (χ4n) is 1.85. The van der Waals surface area contributed by atoms with E-state index >= 15 is 0 Å². The highest BCUT2D eigenvalue weighted by atomic mass is 16.5. The van der Waals surface area contributed by atoms with E-state index in [1.807, 2.05) is 42.5 Å². The summed E-state index contributed by atoms with van der Waals surface area (Å²) in [7, 11) is 0. The summed E-state index contributed by atoms with van der Waals surface area (Å²) < 4.78 is 5.43. The van der Waals surface area contributed by atoms with Crippen molar-refractivity contribution >= 4 is 5.69 Å². The van der Waals surface area contributed by atoms with Crippen LogP contribution >= 0.6 is 0 Å². The van der Waals surface area contributed by atoms with E-state index in [1.54, 1.807) is 0 Å². The SMILES string of the molecule is CCCOCCNc1ccc(C#Cc2ccccc2)cc1. The van der Waals surface area contributed by atoms with Gasteiger partial charge in [0.2, 0.25) is 0 Å². The predicted molar refractivity (Wildman–Crippen MR) is 88.5 cm³/mol. The van der Waals surface area contributed by atoms with Gasteiger partial charge in [-0.2, -0.15) is 0 Å². The summed E-state index contributed by atoms with van der Waals surface area (Å²) in [5.74, 6) is 6.33. The highest BCUT2D eigenvalue weighted by Crippen LogP contribution is 2.08. The Morgan fingerprint density at radius 2 is 1.52 bits per heavy atom. The molecule has 21 heavy (non-hydrogen) atoms. The summed E-state index contributed by atoms with van der Waals surface area (Å²) in [6, 6.07) is 18.2. The van der Waals surface area contributed by atoms with Crippen molar-refractivity contribution in [3.05, 3.63) is 65.7 Å². The van der Waals surface area contributed by atoms with Crippen LogP contribution in [0.1, 0.15) is 24.5 Å². The summed E-state index contributed by atoms with van der Waals surface area (Å²) >= 11 is 0. The van der Waals surface area contributed by atoms with E-state index in [0.717, 1.165) is 43.0 Å². The molecule has 0 aliphatic heterocycles. The molecule has 2 aromatic carbocycles. The van der Waals surface area contributed by atoms with Crippen LogP contribution in [0.2, 0.25) is 0 Å². The molecule has 0 spiro atoms. The Hall–Kier alpha value is -2.24. The lowest BCUT2D eigenvalue weighted by Gasteiger charge is -2.06. The molecule has 0 aliphatic rings. The van der Waals surface area contributed by atoms with E-state index in [1.165, 1.54) is 0 Å². The minimum Gasteiger partial charge on any atom is -0.383 e. The number of anilines is 1. The molecule has 0 radical (unpaired) electrons. The summed E-state index contributed by atoms with van der Waals surface area (Å²) in [5, 5.41) is 3.33. The van der Waals surface area contributed by atoms with Gasteiger partial charge in [-0.25, -0.2) is 0 Å². The second kappa shape index (κ2) is 8.84. The van der Waals surface area contributed by atoms with Gasteiger partial charge in [0.15, 0.2) is 0 Å². The zero-order valence-electron chi connectivity index (χ0n) is 12.4. The molecule has 2 heteroatoms. The van der Waals surface area contributed by atoms with Gasteiger partial charge < -0.3 is 10.1 Å². The largest absolute Gasteiger partial charge is 0.383 e. The molecular weight excluding hydrogens is 258 g/mol. The summed E-state index contributed by atoms with van der Waals surface area (Å²) in [4.78, 5) is 0. The predicted octanol–water partition coefficient (Wildman–Crippen LogP) is 3.92. The highest BCUT2D eigenvalue weighted by Gasteiger charge is 1.92. The minimum atomic E-state index is 0.739. The van der Waals surface area contributed by atoms with Gasteiger partial charge in [0, 0.05) is 30.0 Å². The van der Waals surface area contributed by atoms with Crippen molar-refractivity contribution < 1.29 is 4.74 Å². The van der Waals surface area contributed by atoms with Gasteiger partial charge in [0.25, 0.3) is 0 Å². The summed E-state index contributed by atoms with van der Waals surface area (Å²) in [6.07, 6.45) is 1.06. The van der Waals surface area contributed by atoms with Gasteiger partial charge in [-0.05, 0) is 42.8 Å². The smallest absolute Gasteiger partial charge is 0.0639 e. The Morgan fingerprint density at radius 1 is 0.857 bits per heavy atom. The lowest BCUT2D eigenvalue weighted by Crippen LogP contribution is -2.09. The topological polar surface area (TPSA) is 21.3 Å². The molecule has 0 bridgehead atoms. The molecule has 0 saturated heterocycles. The van der Waals surface area contributed by atoms with E-state index < -0.39 is 0 Å². The van der Waals surface area contributed by atoms with Crippen LogP contribution in [0.5, 0.6) is 0 Å². The van der Waals surface area contributed by atoms with E-state index in [4.69, 9.17) is 4.74 Å². The maximum absolute atomic E-state index is 5.43. The molecule has 108 valence electrons. The minimum absolute atomic E-state index is 0.739. The standard InChI is InChI=1S/C19H21NO/c1-2-15-21-16-14-20-19-12-10-18(11-13-19)9-8-17-6-4-3-5-7-17/h3-7,10-13,20H,2,14-16H2,1H3. The van der Waals surface area contributed by atoms with E-state index in [-0.39, 0.29) is 0 Å². The normalized spacial score (nSPS) is 9.76. The van der Waals surface area contributed by atoms with Crippen LogP contribution in [-0.2, 0) is 4.74 Å². The summed E-state index contributed by atoms with van der Waals surface area (Å²) in [6.45, 7) is 4.51. The van der Waals surface area contributed by atoms with E-state index in [9.17, 15) is 0 Å². The molecule has 0 aromatic heterocycles. The first-order valence-corrected chi connectivity index (χ1v) is 7.37. The van der Waals surface area contributed by atoms with Crippen LogP contribution in [0, 0.1) is 11.8 Å². The van der Waals surface area contributed by atoms with Gasteiger partial charge in [-0.15, -0.1) is 0 Å². The Labute approximate surface area is 127 Å². The van der Waals surface area contributed by atoms with Crippen LogP contribution in [-0.4, -0.2) is 19.8 Å². The molecule has 2 rings (SSSR count). The summed E-state index contributed by atoms with van der Waals surface area (Å²) in [5.41, 5.74) is 3.15. The molecular formula is C19H21NO. The second-order valence-electron chi connectivity index (χ2n) is 4.73. The van der Waals surface area contributed by atoms with Crippen molar-refractivity contribution in [1.29, 1.82) is 0 Å². The fourth-order valence-corrected chi connectivity index (χ4v) is 1.85. The van der Waals surface area contributed by atoms with Crippen LogP contribution in [0.3, 0.4) is 0 Å². The van der Waals surface area contributed by atoms with Crippen molar-refractivity contribution in [2.24, 2.45) is 0 Å². The number of ether oxygens (including phenoxy) is 1. The van der Waals surface area contributed by atoms with Gasteiger partial charge in [0.1, 0.15) is 0 Å². The van der Waals surface area contributed by atoms with Gasteiger partial charge in [-0.1, -0.05) is 37.0 Å². The first kappa shape index (κ1) is 15.2. The third kappa shape index (κ3) is 5.72. The average molecular weight is 279 g/mol. The van der Waals surface area contributed by atoms with Crippen LogP contribution in [0.25, 0.3) is 0 Å². The maximum Gasteiger partial charge on any atom is 0.0639 e. The van der Waals surface area contributed by atoms with Crippen LogP contribution in [0.15, 0.2) is 54.6 Å². The van der Waals surface area contributed by atoms with Crippen LogP contribution < -0.4 is 5.32 Å². The van der Waals surface area contributed by atoms with Crippen LogP contribution in [0.4, 0.5) is 5.69 Å². The van der Waals surface area contributed by atoms with Gasteiger partial charge in [-0.3, -0.25) is 0 Å². The number of hydrogen-bond donors (Lipinski definition) is 1. The first-order chi connectivity index (χ1) is 10.4. The molecule has 0 heterocycles. The molecule has 0 atom stereocenters. The van der Waals surface area contributed by atoms with Crippen molar-refractivity contribution in [3.63, 3.8) is 0 Å². The molecule has 0 saturated carbocycles. The first-order valence-electron chi connectivity index (χ1n) is 7.37. The van der Waals surface area contributed by atoms with E-state index in [0.29, 0.717) is 0 Å². The molecule has 0 aliphatic carbocycles. The lowest BCUT2D eigenvalue weighted by molar-refractivity contribution is 0.144. The van der Waals surface area contributed by atoms with Crippen molar-refractivity contribution in [1.82, 2.24) is 0 Å². The number of rotatable bonds is 6. The average Bonchev–Trinajstić information content (AvgIpc) is 2.55. The van der Waals surface area contributed by atoms with Crippen molar-refractivity contribution in [2.75, 3.05) is 25.1 Å². The molecule has 2 aromatic rings. The highest BCUT2D eigenvalue weighted by molar-refractivity contribution is 5.50. The molecule has 0 unspecified atom stereocenters. The van der Waals surface area contributed by atoms with Gasteiger partial charge in [0.05, 0.1) is 6.61 Å². The van der Waals surface area contributed by atoms with E-state index in [2.05, 4.69) is 36.2 Å². The molecule has 0 amide bonds. The Kier molecular flexibility index (Phi) is 6.38. The monoisotopic (exact) mass is 279 g/mol. The number of benzene rings is 2. The fraction of sp³-hybridized carbons (Fsp3) is 0.263. The third-order valence-electron chi connectivity index (χ3n) is 2.93. The lowest BCUT2D eigenvalue weighted by atomic mass is 10.1. The van der Waals surface area contributed by atoms with Gasteiger partial charge >= 0.3 is 0 Å². The Balaban J connectivity index is 1.83. The number of hydrogen-bond acceptors (Lipinski definition) is 2. The third-order valence-corrected chi connectivity index (χ3v) is 2.93. The quantitative estimate of drug-likeness (QED) is 0.639. The number of nitrogens with one attached hydrogen (secondary N) is 1. The van der Waals surface area contributed by atoms with Crippen molar-refractivity contribution in [3.8, 4) is 11.8 Å². The van der Waals surface area contributed by atoms with Crippen molar-refractivity contribution in [2.45, 2.75) is 13.3 Å². The zero-order chi connectivity index (χ0) is 14.8. The maximum atomic E-state index is 5.43. The Bertz CT molecular complexity index is 578. The second-order valence-corrected chi connectivity index (χ2v) is 4.73. The molecule has 1 N–H and O–H groups in total. The Morgan fingerprint density at radius 3 is 2.19 bits per heavy atom. The zero-order valence-corrected chi connectivity index (χ0v) is 12.4.